The first kappa shape index (κ1) is 20.6. The van der Waals surface area contributed by atoms with E-state index in [4.69, 9.17) is 16.3 Å². The van der Waals surface area contributed by atoms with Crippen molar-refractivity contribution >= 4 is 28.9 Å². The number of rotatable bonds is 8. The van der Waals surface area contributed by atoms with Gasteiger partial charge in [-0.05, 0) is 44.3 Å². The number of hydrogen-bond donors (Lipinski definition) is 1. The molecule has 9 heteroatoms. The molecule has 0 radical (unpaired) electrons. The highest BCUT2D eigenvalue weighted by atomic mass is 35.5. The highest BCUT2D eigenvalue weighted by molar-refractivity contribution is 6.33. The van der Waals surface area contributed by atoms with Gasteiger partial charge in [0.05, 0.1) is 21.7 Å². The van der Waals surface area contributed by atoms with E-state index in [1.165, 1.54) is 42.5 Å². The van der Waals surface area contributed by atoms with Crippen LogP contribution in [-0.4, -0.2) is 42.0 Å². The molecule has 0 aliphatic rings. The Labute approximate surface area is 160 Å². The Kier molecular flexibility index (Phi) is 7.09. The largest absolute Gasteiger partial charge is 0.492 e. The normalized spacial score (nSPS) is 11.9. The Morgan fingerprint density at radius 1 is 1.33 bits per heavy atom. The minimum absolute atomic E-state index is 0.164. The molecule has 2 aromatic carbocycles. The van der Waals surface area contributed by atoms with Gasteiger partial charge in [-0.1, -0.05) is 11.6 Å². The molecule has 1 atom stereocenters. The molecule has 2 rings (SSSR count). The van der Waals surface area contributed by atoms with Gasteiger partial charge < -0.3 is 10.1 Å². The fourth-order valence-electron chi connectivity index (χ4n) is 2.19. The third kappa shape index (κ3) is 5.90. The molecule has 7 nitrogen and oxygen atoms in total. The highest BCUT2D eigenvalue weighted by Gasteiger charge is 2.20. The number of non-ortho nitro benzene ring substituents is 1. The Morgan fingerprint density at radius 2 is 2.00 bits per heavy atom. The molecule has 0 saturated heterocycles. The molecule has 0 aromatic heterocycles. The molecule has 0 spiro atoms. The van der Waals surface area contributed by atoms with E-state index in [9.17, 15) is 19.3 Å². The van der Waals surface area contributed by atoms with Crippen molar-refractivity contribution < 1.29 is 18.8 Å². The number of nitrogens with zero attached hydrogens (tertiary/aromatic N) is 2. The van der Waals surface area contributed by atoms with Gasteiger partial charge in [0.15, 0.2) is 0 Å². The third-order valence-electron chi connectivity index (χ3n) is 3.99. The van der Waals surface area contributed by atoms with Crippen LogP contribution in [-0.2, 0) is 4.79 Å². The molecule has 0 aliphatic heterocycles. The summed E-state index contributed by atoms with van der Waals surface area (Å²) in [6, 6.07) is 8.96. The van der Waals surface area contributed by atoms with Gasteiger partial charge in [0, 0.05) is 18.7 Å². The number of amides is 1. The van der Waals surface area contributed by atoms with E-state index >= 15 is 0 Å². The number of carbonyl (C=O) groups excluding carboxylic acids is 1. The average Bonchev–Trinajstić information content (AvgIpc) is 2.64. The van der Waals surface area contributed by atoms with Crippen molar-refractivity contribution in [3.63, 3.8) is 0 Å². The predicted octanol–water partition coefficient (Wildman–Crippen LogP) is 3.73. The fraction of sp³-hybridized carbons (Fsp3) is 0.278. The van der Waals surface area contributed by atoms with Gasteiger partial charge >= 0.3 is 0 Å². The lowest BCUT2D eigenvalue weighted by Crippen LogP contribution is -2.41. The lowest BCUT2D eigenvalue weighted by Gasteiger charge is -2.24. The van der Waals surface area contributed by atoms with Crippen LogP contribution in [0.25, 0.3) is 0 Å². The molecule has 144 valence electrons. The van der Waals surface area contributed by atoms with Gasteiger partial charge in [0.1, 0.15) is 18.2 Å². The summed E-state index contributed by atoms with van der Waals surface area (Å²) < 4.78 is 18.4. The lowest BCUT2D eigenvalue weighted by atomic mass is 10.2. The van der Waals surface area contributed by atoms with E-state index < -0.39 is 11.0 Å². The summed E-state index contributed by atoms with van der Waals surface area (Å²) in [5.41, 5.74) is 0.0158. The number of carbonyl (C=O) groups is 1. The van der Waals surface area contributed by atoms with E-state index in [0.29, 0.717) is 18.9 Å². The van der Waals surface area contributed by atoms with Crippen LogP contribution in [0.1, 0.15) is 6.92 Å². The van der Waals surface area contributed by atoms with Crippen molar-refractivity contribution in [1.29, 1.82) is 0 Å². The van der Waals surface area contributed by atoms with Gasteiger partial charge in [-0.3, -0.25) is 19.8 Å². The molecule has 2 aromatic rings. The minimum atomic E-state index is -0.561. The number of benzene rings is 2. The highest BCUT2D eigenvalue weighted by Crippen LogP contribution is 2.27. The van der Waals surface area contributed by atoms with Crippen molar-refractivity contribution in [2.24, 2.45) is 0 Å². The standard InChI is InChI=1S/C18H19ClFN3O4/c1-12(22(2)9-10-27-15-6-3-13(20)4-7-15)18(24)21-17-11-14(23(25)26)5-8-16(17)19/h3-8,11-12H,9-10H2,1-2H3,(H,21,24). The molecular weight excluding hydrogens is 377 g/mol. The van der Waals surface area contributed by atoms with Gasteiger partial charge in [0.2, 0.25) is 5.91 Å². The Morgan fingerprint density at radius 3 is 2.63 bits per heavy atom. The van der Waals surface area contributed by atoms with Crippen molar-refractivity contribution in [3.8, 4) is 5.75 Å². The van der Waals surface area contributed by atoms with Gasteiger partial charge in [0.25, 0.3) is 5.69 Å². The molecule has 0 saturated carbocycles. The number of anilines is 1. The van der Waals surface area contributed by atoms with Gasteiger partial charge in [-0.15, -0.1) is 0 Å². The van der Waals surface area contributed by atoms with Gasteiger partial charge in [-0.25, -0.2) is 4.39 Å². The number of nitro benzene ring substituents is 1. The first-order valence-corrected chi connectivity index (χ1v) is 8.49. The van der Waals surface area contributed by atoms with Crippen molar-refractivity contribution in [2.45, 2.75) is 13.0 Å². The van der Waals surface area contributed by atoms with Crippen LogP contribution < -0.4 is 10.1 Å². The molecule has 1 amide bonds. The maximum atomic E-state index is 12.9. The second kappa shape index (κ2) is 9.29. The SMILES string of the molecule is CC(C(=O)Nc1cc([N+](=O)[O-])ccc1Cl)N(C)CCOc1ccc(F)cc1. The number of ether oxygens (including phenoxy) is 1. The van der Waals surface area contributed by atoms with E-state index in [1.807, 2.05) is 0 Å². The van der Waals surface area contributed by atoms with Crippen LogP contribution in [0.4, 0.5) is 15.8 Å². The van der Waals surface area contributed by atoms with Gasteiger partial charge in [-0.2, -0.15) is 0 Å². The summed E-state index contributed by atoms with van der Waals surface area (Å²) in [5, 5.41) is 13.7. The molecule has 1 N–H and O–H groups in total. The topological polar surface area (TPSA) is 84.7 Å². The minimum Gasteiger partial charge on any atom is -0.492 e. The van der Waals surface area contributed by atoms with E-state index in [0.717, 1.165) is 0 Å². The number of halogens is 2. The molecule has 0 bridgehead atoms. The van der Waals surface area contributed by atoms with Crippen LogP contribution in [0, 0.1) is 15.9 Å². The molecule has 0 fully saturated rings. The quantitative estimate of drug-likeness (QED) is 0.544. The second-order valence-corrected chi connectivity index (χ2v) is 6.28. The molecular formula is C18H19ClFN3O4. The van der Waals surface area contributed by atoms with Crippen LogP contribution >= 0.6 is 11.6 Å². The maximum absolute atomic E-state index is 12.9. The number of hydrogen-bond acceptors (Lipinski definition) is 5. The van der Waals surface area contributed by atoms with Crippen LogP contribution in [0.3, 0.4) is 0 Å². The van der Waals surface area contributed by atoms with Crippen LogP contribution in [0.2, 0.25) is 5.02 Å². The summed E-state index contributed by atoms with van der Waals surface area (Å²) in [6.45, 7) is 2.43. The maximum Gasteiger partial charge on any atom is 0.271 e. The zero-order chi connectivity index (χ0) is 20.0. The summed E-state index contributed by atoms with van der Waals surface area (Å²) in [5.74, 6) is -0.170. The van der Waals surface area contributed by atoms with Crippen LogP contribution in [0.5, 0.6) is 5.75 Å². The van der Waals surface area contributed by atoms with Crippen molar-refractivity contribution in [2.75, 3.05) is 25.5 Å². The number of nitro groups is 1. The monoisotopic (exact) mass is 395 g/mol. The lowest BCUT2D eigenvalue weighted by molar-refractivity contribution is -0.384. The Hall–Kier alpha value is -2.71. The first-order valence-electron chi connectivity index (χ1n) is 8.11. The molecule has 0 heterocycles. The number of nitrogens with one attached hydrogen (secondary N) is 1. The predicted molar refractivity (Wildman–Crippen MR) is 101 cm³/mol. The van der Waals surface area contributed by atoms with E-state index in [-0.39, 0.29) is 28.1 Å². The van der Waals surface area contributed by atoms with E-state index in [1.54, 1.807) is 18.9 Å². The molecule has 0 aliphatic carbocycles. The average molecular weight is 396 g/mol. The smallest absolute Gasteiger partial charge is 0.271 e. The Balaban J connectivity index is 1.89. The van der Waals surface area contributed by atoms with E-state index in [2.05, 4.69) is 5.32 Å². The first-order chi connectivity index (χ1) is 12.8. The summed E-state index contributed by atoms with van der Waals surface area (Å²) >= 11 is 5.99. The fourth-order valence-corrected chi connectivity index (χ4v) is 2.36. The summed E-state index contributed by atoms with van der Waals surface area (Å²) in [6.07, 6.45) is 0. The summed E-state index contributed by atoms with van der Waals surface area (Å²) in [7, 11) is 1.74. The number of likely N-dealkylation sites (N-methyl/N-ethyl adjacent to an activating group) is 1. The Bertz CT molecular complexity index is 817. The van der Waals surface area contributed by atoms with Crippen molar-refractivity contribution in [3.05, 3.63) is 63.4 Å². The summed E-state index contributed by atoms with van der Waals surface area (Å²) in [4.78, 5) is 24.4. The van der Waals surface area contributed by atoms with Crippen molar-refractivity contribution in [1.82, 2.24) is 4.90 Å². The zero-order valence-corrected chi connectivity index (χ0v) is 15.6. The third-order valence-corrected chi connectivity index (χ3v) is 4.32. The molecule has 1 unspecified atom stereocenters. The second-order valence-electron chi connectivity index (χ2n) is 5.87. The van der Waals surface area contributed by atoms with Crippen LogP contribution in [0.15, 0.2) is 42.5 Å². The zero-order valence-electron chi connectivity index (χ0n) is 14.8. The molecule has 27 heavy (non-hydrogen) atoms.